The molecule has 13 heavy (non-hydrogen) atoms. The molecule has 1 aliphatic rings. The lowest BCUT2D eigenvalue weighted by molar-refractivity contribution is -0.231. The summed E-state index contributed by atoms with van der Waals surface area (Å²) in [5, 5.41) is 0. The van der Waals surface area contributed by atoms with Crippen LogP contribution in [0.4, 0.5) is 17.6 Å². The van der Waals surface area contributed by atoms with Crippen molar-refractivity contribution in [2.45, 2.75) is 45.5 Å². The van der Waals surface area contributed by atoms with E-state index in [1.807, 2.05) is 0 Å². The fourth-order valence-electron chi connectivity index (χ4n) is 2.04. The van der Waals surface area contributed by atoms with Gasteiger partial charge in [-0.25, -0.2) is 17.6 Å². The highest BCUT2D eigenvalue weighted by Gasteiger charge is 2.63. The fraction of sp³-hybridized carbons (Fsp3) is 1.00. The van der Waals surface area contributed by atoms with E-state index in [2.05, 4.69) is 0 Å². The lowest BCUT2D eigenvalue weighted by atomic mass is 9.59. The first-order valence-corrected chi connectivity index (χ1v) is 4.50. The van der Waals surface area contributed by atoms with Gasteiger partial charge in [-0.3, -0.25) is 0 Å². The number of hydrogen-bond acceptors (Lipinski definition) is 0. The maximum absolute atomic E-state index is 12.6. The third kappa shape index (κ3) is 1.67. The topological polar surface area (TPSA) is 0 Å². The zero-order chi connectivity index (χ0) is 10.3. The summed E-state index contributed by atoms with van der Waals surface area (Å²) in [5.41, 5.74) is -1.42. The average molecular weight is 198 g/mol. The molecule has 1 unspecified atom stereocenters. The SMILES string of the molecule is CCC(C)C1(C(F)F)CC(F)(F)C1. The summed E-state index contributed by atoms with van der Waals surface area (Å²) in [6, 6.07) is 0. The van der Waals surface area contributed by atoms with Crippen LogP contribution < -0.4 is 0 Å². The predicted octanol–water partition coefficient (Wildman–Crippen LogP) is 3.71. The summed E-state index contributed by atoms with van der Waals surface area (Å²) < 4.78 is 50.3. The minimum absolute atomic E-state index is 0.327. The quantitative estimate of drug-likeness (QED) is 0.606. The first-order valence-electron chi connectivity index (χ1n) is 4.50. The number of alkyl halides is 4. The van der Waals surface area contributed by atoms with Gasteiger partial charge >= 0.3 is 0 Å². The summed E-state index contributed by atoms with van der Waals surface area (Å²) >= 11 is 0. The Hall–Kier alpha value is -0.280. The molecule has 1 rings (SSSR count). The average Bonchev–Trinajstić information content (AvgIpc) is 1.97. The Kier molecular flexibility index (Phi) is 2.61. The molecule has 0 bridgehead atoms. The van der Waals surface area contributed by atoms with E-state index in [9.17, 15) is 17.6 Å². The molecule has 0 radical (unpaired) electrons. The molecule has 0 heterocycles. The number of rotatable bonds is 3. The largest absolute Gasteiger partial charge is 0.249 e. The van der Waals surface area contributed by atoms with Crippen molar-refractivity contribution in [1.82, 2.24) is 0 Å². The first-order chi connectivity index (χ1) is 5.84. The molecule has 1 atom stereocenters. The summed E-state index contributed by atoms with van der Waals surface area (Å²) in [6.07, 6.45) is -3.39. The van der Waals surface area contributed by atoms with Crippen LogP contribution in [0.25, 0.3) is 0 Å². The lowest BCUT2D eigenvalue weighted by Gasteiger charge is -2.50. The lowest BCUT2D eigenvalue weighted by Crippen LogP contribution is -2.54. The van der Waals surface area contributed by atoms with Crippen molar-refractivity contribution in [3.8, 4) is 0 Å². The van der Waals surface area contributed by atoms with Crippen LogP contribution in [0, 0.1) is 11.3 Å². The number of halogens is 4. The van der Waals surface area contributed by atoms with Gasteiger partial charge in [0.05, 0.1) is 0 Å². The van der Waals surface area contributed by atoms with Gasteiger partial charge in [0.1, 0.15) is 0 Å². The second-order valence-corrected chi connectivity index (χ2v) is 4.05. The van der Waals surface area contributed by atoms with E-state index in [0.717, 1.165) is 0 Å². The molecule has 0 N–H and O–H groups in total. The Bertz CT molecular complexity index is 180. The Morgan fingerprint density at radius 2 is 1.69 bits per heavy atom. The van der Waals surface area contributed by atoms with Crippen LogP contribution in [0.5, 0.6) is 0 Å². The Labute approximate surface area is 75.3 Å². The van der Waals surface area contributed by atoms with Crippen LogP contribution in [0.3, 0.4) is 0 Å². The fourth-order valence-corrected chi connectivity index (χ4v) is 2.04. The number of hydrogen-bond donors (Lipinski definition) is 0. The molecular weight excluding hydrogens is 184 g/mol. The molecule has 0 aromatic rings. The van der Waals surface area contributed by atoms with Gasteiger partial charge in [0.25, 0.3) is 0 Å². The smallest absolute Gasteiger partial charge is 0.210 e. The van der Waals surface area contributed by atoms with Crippen molar-refractivity contribution < 1.29 is 17.6 Å². The third-order valence-corrected chi connectivity index (χ3v) is 3.20. The normalized spacial score (nSPS) is 27.0. The Morgan fingerprint density at radius 1 is 1.23 bits per heavy atom. The van der Waals surface area contributed by atoms with E-state index in [1.54, 1.807) is 13.8 Å². The van der Waals surface area contributed by atoms with E-state index >= 15 is 0 Å². The predicted molar refractivity (Wildman–Crippen MR) is 42.1 cm³/mol. The minimum atomic E-state index is -2.86. The van der Waals surface area contributed by atoms with E-state index in [4.69, 9.17) is 0 Å². The zero-order valence-corrected chi connectivity index (χ0v) is 7.79. The maximum atomic E-state index is 12.6. The molecule has 0 amide bonds. The van der Waals surface area contributed by atoms with E-state index in [0.29, 0.717) is 6.42 Å². The van der Waals surface area contributed by atoms with Gasteiger partial charge in [0.2, 0.25) is 12.3 Å². The third-order valence-electron chi connectivity index (χ3n) is 3.20. The standard InChI is InChI=1S/C9H14F4/c1-3-6(2)8(7(10)11)4-9(12,13)5-8/h6-7H,3-5H2,1-2H3. The van der Waals surface area contributed by atoms with Gasteiger partial charge in [0, 0.05) is 18.3 Å². The Balaban J connectivity index is 2.71. The van der Waals surface area contributed by atoms with Gasteiger partial charge in [0.15, 0.2) is 0 Å². The molecule has 4 heteroatoms. The molecule has 0 aromatic carbocycles. The van der Waals surface area contributed by atoms with Crippen LogP contribution in [0.1, 0.15) is 33.1 Å². The highest BCUT2D eigenvalue weighted by molar-refractivity contribution is 5.02. The molecule has 0 nitrogen and oxygen atoms in total. The van der Waals surface area contributed by atoms with Gasteiger partial charge < -0.3 is 0 Å². The van der Waals surface area contributed by atoms with Crippen LogP contribution >= 0.6 is 0 Å². The summed E-state index contributed by atoms with van der Waals surface area (Å²) in [7, 11) is 0. The van der Waals surface area contributed by atoms with Crippen LogP contribution in [0.2, 0.25) is 0 Å². The van der Waals surface area contributed by atoms with Crippen LogP contribution in [-0.4, -0.2) is 12.3 Å². The van der Waals surface area contributed by atoms with Gasteiger partial charge in [-0.05, 0) is 5.92 Å². The summed E-state index contributed by atoms with van der Waals surface area (Å²) in [5.74, 6) is -3.19. The molecular formula is C9H14F4. The molecule has 1 fully saturated rings. The zero-order valence-electron chi connectivity index (χ0n) is 7.79. The second-order valence-electron chi connectivity index (χ2n) is 4.05. The van der Waals surface area contributed by atoms with Crippen molar-refractivity contribution in [1.29, 1.82) is 0 Å². The highest BCUT2D eigenvalue weighted by Crippen LogP contribution is 2.59. The van der Waals surface area contributed by atoms with Gasteiger partial charge in [-0.1, -0.05) is 20.3 Å². The van der Waals surface area contributed by atoms with Gasteiger partial charge in [-0.2, -0.15) is 0 Å². The molecule has 0 spiro atoms. The monoisotopic (exact) mass is 198 g/mol. The summed E-state index contributed by atoms with van der Waals surface area (Å²) in [4.78, 5) is 0. The molecule has 0 aliphatic heterocycles. The van der Waals surface area contributed by atoms with E-state index < -0.39 is 30.6 Å². The molecule has 78 valence electrons. The first kappa shape index (κ1) is 10.8. The minimum Gasteiger partial charge on any atom is -0.210 e. The van der Waals surface area contributed by atoms with Crippen molar-refractivity contribution >= 4 is 0 Å². The van der Waals surface area contributed by atoms with Gasteiger partial charge in [-0.15, -0.1) is 0 Å². The Morgan fingerprint density at radius 3 is 1.92 bits per heavy atom. The highest BCUT2D eigenvalue weighted by atomic mass is 19.3. The molecule has 1 aliphatic carbocycles. The van der Waals surface area contributed by atoms with E-state index in [-0.39, 0.29) is 5.92 Å². The van der Waals surface area contributed by atoms with Crippen molar-refractivity contribution in [3.63, 3.8) is 0 Å². The molecule has 1 saturated carbocycles. The van der Waals surface area contributed by atoms with Crippen LogP contribution in [-0.2, 0) is 0 Å². The van der Waals surface area contributed by atoms with Crippen molar-refractivity contribution in [3.05, 3.63) is 0 Å². The molecule has 0 aromatic heterocycles. The summed E-state index contributed by atoms with van der Waals surface area (Å²) in [6.45, 7) is 3.38. The van der Waals surface area contributed by atoms with Crippen molar-refractivity contribution in [2.24, 2.45) is 11.3 Å². The van der Waals surface area contributed by atoms with Crippen molar-refractivity contribution in [2.75, 3.05) is 0 Å². The molecule has 0 saturated heterocycles. The maximum Gasteiger partial charge on any atom is 0.249 e. The second kappa shape index (κ2) is 3.14. The van der Waals surface area contributed by atoms with E-state index in [1.165, 1.54) is 0 Å². The van der Waals surface area contributed by atoms with Crippen LogP contribution in [0.15, 0.2) is 0 Å².